The van der Waals surface area contributed by atoms with Crippen LogP contribution in [0.4, 0.5) is 0 Å². The van der Waals surface area contributed by atoms with Gasteiger partial charge in [-0.3, -0.25) is 4.79 Å². The van der Waals surface area contributed by atoms with Crippen LogP contribution >= 0.6 is 0 Å². The second kappa shape index (κ2) is 4.00. The third-order valence-electron chi connectivity index (χ3n) is 1.64. The minimum atomic E-state index is -0.238. The molecule has 0 fully saturated rings. The molecule has 13 heavy (non-hydrogen) atoms. The van der Waals surface area contributed by atoms with Crippen LogP contribution in [0.5, 0.6) is 0 Å². The van der Waals surface area contributed by atoms with E-state index in [1.54, 1.807) is 19.2 Å². The van der Waals surface area contributed by atoms with Crippen molar-refractivity contribution in [2.75, 3.05) is 7.05 Å². The third-order valence-corrected chi connectivity index (χ3v) is 1.64. The van der Waals surface area contributed by atoms with Crippen LogP contribution in [0.2, 0.25) is 0 Å². The molecule has 0 aromatic carbocycles. The van der Waals surface area contributed by atoms with Gasteiger partial charge in [-0.15, -0.1) is 0 Å². The summed E-state index contributed by atoms with van der Waals surface area (Å²) >= 11 is 0. The zero-order chi connectivity index (χ0) is 9.84. The molecule has 0 spiro atoms. The van der Waals surface area contributed by atoms with E-state index in [2.05, 4.69) is 10.3 Å². The van der Waals surface area contributed by atoms with E-state index < -0.39 is 0 Å². The van der Waals surface area contributed by atoms with Crippen molar-refractivity contribution in [2.45, 2.75) is 13.5 Å². The lowest BCUT2D eigenvalue weighted by atomic mass is 10.2. The van der Waals surface area contributed by atoms with Crippen molar-refractivity contribution in [3.05, 3.63) is 29.1 Å². The molecule has 0 aliphatic heterocycles. The van der Waals surface area contributed by atoms with Crippen LogP contribution in [-0.2, 0) is 6.61 Å². The van der Waals surface area contributed by atoms with Crippen molar-refractivity contribution >= 4 is 5.91 Å². The van der Waals surface area contributed by atoms with Crippen molar-refractivity contribution in [1.82, 2.24) is 10.3 Å². The molecule has 4 nitrogen and oxygen atoms in total. The second-order valence-corrected chi connectivity index (χ2v) is 2.76. The van der Waals surface area contributed by atoms with Crippen LogP contribution in [0.25, 0.3) is 0 Å². The Morgan fingerprint density at radius 2 is 2.31 bits per heavy atom. The maximum absolute atomic E-state index is 11.2. The van der Waals surface area contributed by atoms with Crippen LogP contribution in [0.15, 0.2) is 12.1 Å². The molecule has 4 heteroatoms. The number of rotatable bonds is 2. The first-order valence-electron chi connectivity index (χ1n) is 3.98. The van der Waals surface area contributed by atoms with E-state index in [1.807, 2.05) is 6.92 Å². The van der Waals surface area contributed by atoms with Crippen LogP contribution in [0.1, 0.15) is 21.7 Å². The predicted octanol–water partition coefficient (Wildman–Crippen LogP) is 0.242. The number of hydrogen-bond donors (Lipinski definition) is 2. The summed E-state index contributed by atoms with van der Waals surface area (Å²) in [5.74, 6) is -0.238. The molecule has 0 unspecified atom stereocenters. The Kier molecular flexibility index (Phi) is 2.97. The normalized spacial score (nSPS) is 9.77. The largest absolute Gasteiger partial charge is 0.390 e. The number of aryl methyl sites for hydroxylation is 1. The molecule has 70 valence electrons. The molecule has 1 heterocycles. The average Bonchev–Trinajstić information content (AvgIpc) is 2.15. The summed E-state index contributed by atoms with van der Waals surface area (Å²) in [6.07, 6.45) is 0. The van der Waals surface area contributed by atoms with Gasteiger partial charge in [0.05, 0.1) is 12.3 Å². The highest BCUT2D eigenvalue weighted by Gasteiger charge is 2.06. The number of amides is 1. The highest BCUT2D eigenvalue weighted by atomic mass is 16.3. The fourth-order valence-corrected chi connectivity index (χ4v) is 1.06. The van der Waals surface area contributed by atoms with E-state index in [9.17, 15) is 4.79 Å². The topological polar surface area (TPSA) is 62.2 Å². The number of carbonyl (C=O) groups excluding carboxylic acids is 1. The van der Waals surface area contributed by atoms with Crippen molar-refractivity contribution < 1.29 is 9.90 Å². The van der Waals surface area contributed by atoms with E-state index in [-0.39, 0.29) is 12.5 Å². The Morgan fingerprint density at radius 3 is 2.85 bits per heavy atom. The van der Waals surface area contributed by atoms with Crippen LogP contribution in [0, 0.1) is 6.92 Å². The SMILES string of the molecule is CNC(=O)c1cc(C)cc(CO)n1. The molecule has 0 radical (unpaired) electrons. The van der Waals surface area contributed by atoms with Gasteiger partial charge in [0.25, 0.3) is 5.91 Å². The number of nitrogens with zero attached hydrogens (tertiary/aromatic N) is 1. The van der Waals surface area contributed by atoms with Gasteiger partial charge in [-0.05, 0) is 24.6 Å². The van der Waals surface area contributed by atoms with Gasteiger partial charge in [-0.25, -0.2) is 4.98 Å². The molecular formula is C9H12N2O2. The molecule has 0 saturated carbocycles. The molecule has 2 N–H and O–H groups in total. The molecular weight excluding hydrogens is 168 g/mol. The van der Waals surface area contributed by atoms with Crippen LogP contribution in [0.3, 0.4) is 0 Å². The average molecular weight is 180 g/mol. The summed E-state index contributed by atoms with van der Waals surface area (Å²) in [5, 5.41) is 11.3. The van der Waals surface area contributed by atoms with Gasteiger partial charge in [0, 0.05) is 7.05 Å². The third kappa shape index (κ3) is 2.26. The number of aromatic nitrogens is 1. The summed E-state index contributed by atoms with van der Waals surface area (Å²) in [6.45, 7) is 1.71. The van der Waals surface area contributed by atoms with Crippen molar-refractivity contribution in [3.8, 4) is 0 Å². The zero-order valence-corrected chi connectivity index (χ0v) is 7.66. The summed E-state index contributed by atoms with van der Waals surface area (Å²) < 4.78 is 0. The summed E-state index contributed by atoms with van der Waals surface area (Å²) in [5.41, 5.74) is 1.77. The van der Waals surface area contributed by atoms with E-state index >= 15 is 0 Å². The number of nitrogens with one attached hydrogen (secondary N) is 1. The smallest absolute Gasteiger partial charge is 0.269 e. The Labute approximate surface area is 76.6 Å². The Morgan fingerprint density at radius 1 is 1.62 bits per heavy atom. The summed E-state index contributed by atoms with van der Waals surface area (Å²) in [4.78, 5) is 15.1. The fraction of sp³-hybridized carbons (Fsp3) is 0.333. The molecule has 0 aliphatic carbocycles. The number of hydrogen-bond acceptors (Lipinski definition) is 3. The Balaban J connectivity index is 3.08. The second-order valence-electron chi connectivity index (χ2n) is 2.76. The molecule has 1 rings (SSSR count). The lowest BCUT2D eigenvalue weighted by Gasteiger charge is -2.03. The van der Waals surface area contributed by atoms with Crippen LogP contribution in [-0.4, -0.2) is 23.0 Å². The van der Waals surface area contributed by atoms with Gasteiger partial charge in [0.1, 0.15) is 5.69 Å². The van der Waals surface area contributed by atoms with E-state index in [0.29, 0.717) is 11.4 Å². The molecule has 1 aromatic rings. The van der Waals surface area contributed by atoms with Gasteiger partial charge < -0.3 is 10.4 Å². The predicted molar refractivity (Wildman–Crippen MR) is 48.3 cm³/mol. The monoisotopic (exact) mass is 180 g/mol. The first kappa shape index (κ1) is 9.67. The van der Waals surface area contributed by atoms with Gasteiger partial charge >= 0.3 is 0 Å². The van der Waals surface area contributed by atoms with Gasteiger partial charge in [-0.1, -0.05) is 0 Å². The standard InChI is InChI=1S/C9H12N2O2/c1-6-3-7(5-12)11-8(4-6)9(13)10-2/h3-4,12H,5H2,1-2H3,(H,10,13). The maximum atomic E-state index is 11.2. The minimum absolute atomic E-state index is 0.147. The van der Waals surface area contributed by atoms with Gasteiger partial charge in [-0.2, -0.15) is 0 Å². The van der Waals surface area contributed by atoms with E-state index in [1.165, 1.54) is 0 Å². The molecule has 0 atom stereocenters. The molecule has 1 amide bonds. The lowest BCUT2D eigenvalue weighted by molar-refractivity contribution is 0.0957. The highest BCUT2D eigenvalue weighted by Crippen LogP contribution is 2.04. The molecule has 0 aliphatic rings. The van der Waals surface area contributed by atoms with Crippen LogP contribution < -0.4 is 5.32 Å². The van der Waals surface area contributed by atoms with E-state index in [4.69, 9.17) is 5.11 Å². The number of aliphatic hydroxyl groups is 1. The Hall–Kier alpha value is -1.42. The number of aliphatic hydroxyl groups excluding tert-OH is 1. The molecule has 1 aromatic heterocycles. The van der Waals surface area contributed by atoms with Crippen molar-refractivity contribution in [2.24, 2.45) is 0 Å². The first-order valence-corrected chi connectivity index (χ1v) is 3.98. The van der Waals surface area contributed by atoms with Gasteiger partial charge in [0.2, 0.25) is 0 Å². The van der Waals surface area contributed by atoms with Crippen molar-refractivity contribution in [1.29, 1.82) is 0 Å². The van der Waals surface area contributed by atoms with Gasteiger partial charge in [0.15, 0.2) is 0 Å². The summed E-state index contributed by atoms with van der Waals surface area (Å²) in [7, 11) is 1.55. The lowest BCUT2D eigenvalue weighted by Crippen LogP contribution is -2.19. The summed E-state index contributed by atoms with van der Waals surface area (Å²) in [6, 6.07) is 3.42. The maximum Gasteiger partial charge on any atom is 0.269 e. The highest BCUT2D eigenvalue weighted by molar-refractivity contribution is 5.92. The van der Waals surface area contributed by atoms with E-state index in [0.717, 1.165) is 5.56 Å². The Bertz CT molecular complexity index is 323. The number of pyridine rings is 1. The number of carbonyl (C=O) groups is 1. The molecule has 0 bridgehead atoms. The quantitative estimate of drug-likeness (QED) is 0.685. The molecule has 0 saturated heterocycles. The fourth-order valence-electron chi connectivity index (χ4n) is 1.06. The minimum Gasteiger partial charge on any atom is -0.390 e. The van der Waals surface area contributed by atoms with Crippen molar-refractivity contribution in [3.63, 3.8) is 0 Å². The first-order chi connectivity index (χ1) is 6.17. The zero-order valence-electron chi connectivity index (χ0n) is 7.66.